The largest absolute Gasteiger partial charge is 0.293 e. The summed E-state index contributed by atoms with van der Waals surface area (Å²) in [6.07, 6.45) is 1.58. The van der Waals surface area contributed by atoms with E-state index in [4.69, 9.17) is 0 Å². The summed E-state index contributed by atoms with van der Waals surface area (Å²) < 4.78 is 0. The number of nitro benzene ring substituents is 1. The summed E-state index contributed by atoms with van der Waals surface area (Å²) >= 11 is 0. The number of ketones is 1. The van der Waals surface area contributed by atoms with Crippen LogP contribution in [0.25, 0.3) is 10.8 Å². The van der Waals surface area contributed by atoms with E-state index in [-0.39, 0.29) is 22.3 Å². The maximum Gasteiger partial charge on any atom is 0.277 e. The van der Waals surface area contributed by atoms with Crippen LogP contribution in [0.4, 0.5) is 5.69 Å². The normalized spacial score (nSPS) is 16.8. The van der Waals surface area contributed by atoms with Crippen LogP contribution in [0.5, 0.6) is 0 Å². The number of nitro groups is 1. The van der Waals surface area contributed by atoms with Crippen LogP contribution in [0.15, 0.2) is 60.7 Å². The van der Waals surface area contributed by atoms with E-state index < -0.39 is 0 Å². The molecule has 1 aliphatic rings. The highest BCUT2D eigenvalue weighted by molar-refractivity contribution is 6.06. The molecule has 0 fully saturated rings. The quantitative estimate of drug-likeness (QED) is 0.510. The van der Waals surface area contributed by atoms with Gasteiger partial charge in [0.15, 0.2) is 5.78 Å². The molecule has 0 aliphatic heterocycles. The van der Waals surface area contributed by atoms with Crippen molar-refractivity contribution in [2.45, 2.75) is 18.8 Å². The van der Waals surface area contributed by atoms with Gasteiger partial charge in [0.25, 0.3) is 5.69 Å². The average Bonchev–Trinajstić information content (AvgIpc) is 2.61. The molecule has 0 heterocycles. The Hall–Kier alpha value is -3.01. The molecule has 24 heavy (non-hydrogen) atoms. The highest BCUT2D eigenvalue weighted by atomic mass is 16.6. The number of rotatable bonds is 2. The number of aryl methyl sites for hydroxylation is 1. The zero-order valence-electron chi connectivity index (χ0n) is 12.9. The first-order chi connectivity index (χ1) is 11.7. The first-order valence-corrected chi connectivity index (χ1v) is 7.95. The average molecular weight is 317 g/mol. The lowest BCUT2D eigenvalue weighted by molar-refractivity contribution is -0.383. The molecule has 0 N–H and O–H groups in total. The molecule has 0 saturated carbocycles. The molecule has 0 amide bonds. The zero-order chi connectivity index (χ0) is 16.7. The number of benzene rings is 3. The first-order valence-electron chi connectivity index (χ1n) is 7.95. The summed E-state index contributed by atoms with van der Waals surface area (Å²) in [6, 6.07) is 18.2. The van der Waals surface area contributed by atoms with E-state index in [1.54, 1.807) is 18.2 Å². The van der Waals surface area contributed by atoms with E-state index in [1.165, 1.54) is 6.07 Å². The van der Waals surface area contributed by atoms with Crippen molar-refractivity contribution >= 4 is 22.2 Å². The van der Waals surface area contributed by atoms with Crippen LogP contribution in [-0.4, -0.2) is 10.7 Å². The molecule has 0 radical (unpaired) electrons. The Kier molecular flexibility index (Phi) is 3.38. The SMILES string of the molecule is O=C1c2ccccc2CC[C@@H]1c1ccc([N+](=O)[O-])c2ccccc12. The fraction of sp³-hybridized carbons (Fsp3) is 0.150. The first kappa shape index (κ1) is 14.6. The Morgan fingerprint density at radius 3 is 2.42 bits per heavy atom. The number of carbonyl (C=O) groups excluding carboxylic acids is 1. The molecule has 0 bridgehead atoms. The van der Waals surface area contributed by atoms with E-state index in [1.807, 2.05) is 36.4 Å². The third kappa shape index (κ3) is 2.19. The number of nitrogens with zero attached hydrogens (tertiary/aromatic N) is 1. The summed E-state index contributed by atoms with van der Waals surface area (Å²) in [5, 5.41) is 12.7. The van der Waals surface area contributed by atoms with E-state index in [0.29, 0.717) is 5.39 Å². The van der Waals surface area contributed by atoms with Crippen molar-refractivity contribution in [3.05, 3.63) is 87.5 Å². The molecule has 118 valence electrons. The van der Waals surface area contributed by atoms with Crippen LogP contribution in [-0.2, 0) is 6.42 Å². The lowest BCUT2D eigenvalue weighted by Crippen LogP contribution is -2.21. The summed E-state index contributed by atoms with van der Waals surface area (Å²) in [7, 11) is 0. The van der Waals surface area contributed by atoms with Gasteiger partial charge in [-0.3, -0.25) is 14.9 Å². The molecular weight excluding hydrogens is 302 g/mol. The van der Waals surface area contributed by atoms with Crippen LogP contribution in [0, 0.1) is 10.1 Å². The van der Waals surface area contributed by atoms with Gasteiger partial charge >= 0.3 is 0 Å². The van der Waals surface area contributed by atoms with E-state index in [0.717, 1.165) is 34.9 Å². The van der Waals surface area contributed by atoms with Gasteiger partial charge in [-0.25, -0.2) is 0 Å². The van der Waals surface area contributed by atoms with Crippen molar-refractivity contribution in [1.29, 1.82) is 0 Å². The van der Waals surface area contributed by atoms with Gasteiger partial charge in [0.2, 0.25) is 0 Å². The maximum absolute atomic E-state index is 12.9. The van der Waals surface area contributed by atoms with Crippen LogP contribution in [0.2, 0.25) is 0 Å². The predicted octanol–water partition coefficient (Wildman–Crippen LogP) is 4.66. The van der Waals surface area contributed by atoms with Crippen molar-refractivity contribution < 1.29 is 9.72 Å². The van der Waals surface area contributed by atoms with Gasteiger partial charge in [0.1, 0.15) is 0 Å². The molecule has 0 unspecified atom stereocenters. The zero-order valence-corrected chi connectivity index (χ0v) is 12.9. The third-order valence-corrected chi connectivity index (χ3v) is 4.81. The van der Waals surface area contributed by atoms with Gasteiger partial charge in [0.05, 0.1) is 10.3 Å². The molecule has 3 aromatic rings. The Bertz CT molecular complexity index is 978. The Balaban J connectivity index is 1.88. The van der Waals surface area contributed by atoms with E-state index in [9.17, 15) is 14.9 Å². The van der Waals surface area contributed by atoms with Crippen LogP contribution in [0.3, 0.4) is 0 Å². The standard InChI is InChI=1S/C20H15NO3/c22-20-14-6-2-1-5-13(14)9-10-18(20)16-11-12-19(21(23)24)17-8-4-3-7-15(16)17/h1-8,11-12,18H,9-10H2/t18-/m1/s1. The summed E-state index contributed by atoms with van der Waals surface area (Å²) in [4.78, 5) is 23.8. The van der Waals surface area contributed by atoms with Gasteiger partial charge in [-0.2, -0.15) is 0 Å². The molecular formula is C20H15NO3. The molecule has 4 nitrogen and oxygen atoms in total. The molecule has 1 aliphatic carbocycles. The number of carbonyl (C=O) groups is 1. The highest BCUT2D eigenvalue weighted by Gasteiger charge is 2.30. The molecule has 1 atom stereocenters. The topological polar surface area (TPSA) is 60.2 Å². The smallest absolute Gasteiger partial charge is 0.277 e. The summed E-state index contributed by atoms with van der Waals surface area (Å²) in [5.74, 6) is -0.138. The van der Waals surface area contributed by atoms with Crippen molar-refractivity contribution in [3.63, 3.8) is 0 Å². The second-order valence-corrected chi connectivity index (χ2v) is 6.09. The minimum Gasteiger partial charge on any atom is -0.293 e. The lowest BCUT2D eigenvalue weighted by atomic mass is 9.78. The fourth-order valence-electron chi connectivity index (χ4n) is 3.66. The predicted molar refractivity (Wildman–Crippen MR) is 92.4 cm³/mol. The summed E-state index contributed by atoms with van der Waals surface area (Å²) in [6.45, 7) is 0. The molecule has 0 aromatic heterocycles. The molecule has 4 heteroatoms. The fourth-order valence-corrected chi connectivity index (χ4v) is 3.66. The third-order valence-electron chi connectivity index (χ3n) is 4.81. The van der Waals surface area contributed by atoms with Crippen molar-refractivity contribution in [2.75, 3.05) is 0 Å². The molecule has 4 rings (SSSR count). The van der Waals surface area contributed by atoms with Gasteiger partial charge in [-0.15, -0.1) is 0 Å². The van der Waals surface area contributed by atoms with Crippen molar-refractivity contribution in [1.82, 2.24) is 0 Å². The number of hydrogen-bond donors (Lipinski definition) is 0. The minimum absolute atomic E-state index is 0.0815. The van der Waals surface area contributed by atoms with Crippen molar-refractivity contribution in [3.8, 4) is 0 Å². The van der Waals surface area contributed by atoms with Gasteiger partial charge in [0, 0.05) is 17.5 Å². The Morgan fingerprint density at radius 1 is 0.917 bits per heavy atom. The van der Waals surface area contributed by atoms with E-state index >= 15 is 0 Å². The van der Waals surface area contributed by atoms with Crippen LogP contribution < -0.4 is 0 Å². The second kappa shape index (κ2) is 5.57. The van der Waals surface area contributed by atoms with Crippen LogP contribution in [0.1, 0.15) is 33.8 Å². The Labute approximate surface area is 138 Å². The maximum atomic E-state index is 12.9. The summed E-state index contributed by atoms with van der Waals surface area (Å²) in [5.41, 5.74) is 2.83. The van der Waals surface area contributed by atoms with Crippen LogP contribution >= 0.6 is 0 Å². The van der Waals surface area contributed by atoms with Gasteiger partial charge < -0.3 is 0 Å². The second-order valence-electron chi connectivity index (χ2n) is 6.09. The molecule has 3 aromatic carbocycles. The number of Topliss-reactive ketones (excluding diaryl/α,β-unsaturated/α-hetero) is 1. The molecule has 0 spiro atoms. The van der Waals surface area contributed by atoms with Crippen molar-refractivity contribution in [2.24, 2.45) is 0 Å². The number of fused-ring (bicyclic) bond motifs is 2. The highest BCUT2D eigenvalue weighted by Crippen LogP contribution is 2.38. The molecule has 0 saturated heterocycles. The number of hydrogen-bond acceptors (Lipinski definition) is 3. The Morgan fingerprint density at radius 2 is 1.62 bits per heavy atom. The lowest BCUT2D eigenvalue weighted by Gasteiger charge is -2.24. The minimum atomic E-state index is -0.371. The monoisotopic (exact) mass is 317 g/mol. The number of non-ortho nitro benzene ring substituents is 1. The van der Waals surface area contributed by atoms with Gasteiger partial charge in [-0.05, 0) is 35.4 Å². The van der Waals surface area contributed by atoms with Gasteiger partial charge in [-0.1, -0.05) is 48.5 Å². The van der Waals surface area contributed by atoms with E-state index in [2.05, 4.69) is 0 Å².